The molecular weight excluding hydrogens is 390 g/mol. The highest BCUT2D eigenvalue weighted by atomic mass is 127. The molecule has 1 aromatic rings. The maximum Gasteiger partial charge on any atom is 0.409 e. The van der Waals surface area contributed by atoms with Gasteiger partial charge in [-0.15, -0.1) is 0 Å². The van der Waals surface area contributed by atoms with Crippen molar-refractivity contribution in [3.63, 3.8) is 0 Å². The molecule has 0 radical (unpaired) electrons. The number of nitrogens with zero attached hydrogens (tertiary/aromatic N) is 1. The molecule has 0 saturated heterocycles. The number of alkyl halides is 3. The van der Waals surface area contributed by atoms with Crippen LogP contribution in [0.25, 0.3) is 0 Å². The van der Waals surface area contributed by atoms with Gasteiger partial charge in [-0.1, -0.05) is 12.1 Å². The van der Waals surface area contributed by atoms with Crippen LogP contribution < -0.4 is 0 Å². The summed E-state index contributed by atoms with van der Waals surface area (Å²) in [6.07, 6.45) is -4.47. The van der Waals surface area contributed by atoms with Crippen molar-refractivity contribution in [3.05, 3.63) is 33.4 Å². The van der Waals surface area contributed by atoms with Crippen LogP contribution >= 0.6 is 22.6 Å². The summed E-state index contributed by atoms with van der Waals surface area (Å²) in [5, 5.41) is -0.362. The van der Waals surface area contributed by atoms with Gasteiger partial charge in [-0.2, -0.15) is 13.2 Å². The number of hydrogen-bond donors (Lipinski definition) is 0. The van der Waals surface area contributed by atoms with Crippen molar-refractivity contribution < 1.29 is 17.4 Å². The number of halogens is 4. The van der Waals surface area contributed by atoms with E-state index < -0.39 is 23.2 Å². The molecule has 1 rings (SSSR count). The van der Waals surface area contributed by atoms with Crippen molar-refractivity contribution in [2.45, 2.75) is 31.3 Å². The van der Waals surface area contributed by atoms with E-state index >= 15 is 0 Å². The lowest BCUT2D eigenvalue weighted by Gasteiger charge is -2.30. The molecule has 2 nitrogen and oxygen atoms in total. The van der Waals surface area contributed by atoms with E-state index in [-0.39, 0.29) is 10.8 Å². The fourth-order valence-corrected chi connectivity index (χ4v) is 3.16. The van der Waals surface area contributed by atoms with E-state index in [1.165, 1.54) is 19.2 Å². The molecule has 0 fully saturated rings. The van der Waals surface area contributed by atoms with E-state index in [9.17, 15) is 17.4 Å². The summed E-state index contributed by atoms with van der Waals surface area (Å²) in [5.74, 6) is 0. The predicted octanol–water partition coefficient (Wildman–Crippen LogP) is 3.90. The minimum atomic E-state index is -4.47. The second-order valence-electron chi connectivity index (χ2n) is 4.37. The number of hydrogen-bond acceptors (Lipinski definition) is 1. The molecule has 0 bridgehead atoms. The Labute approximate surface area is 127 Å². The highest BCUT2D eigenvalue weighted by Crippen LogP contribution is 2.38. The summed E-state index contributed by atoms with van der Waals surface area (Å²) >= 11 is 2.03. The molecule has 0 spiro atoms. The minimum Gasteiger partial charge on any atom is -0.242 e. The van der Waals surface area contributed by atoms with Crippen molar-refractivity contribution >= 4 is 33.6 Å². The fraction of sp³-hybridized carbons (Fsp3) is 0.500. The Kier molecular flexibility index (Phi) is 5.81. The Balaban J connectivity index is 3.16. The standard InChI is InChI=1S/C12H15F3INOS/c1-8(2)19(18)17(3)11(12(13,14)15)9-4-6-10(16)7-5-9/h4-8,11H,1-3H3/t11-,19-/m1/s1. The first-order valence-corrected chi connectivity index (χ1v) is 7.85. The molecule has 0 heterocycles. The minimum absolute atomic E-state index is 0.101. The van der Waals surface area contributed by atoms with Crippen molar-refractivity contribution in [2.75, 3.05) is 7.05 Å². The molecule has 0 unspecified atom stereocenters. The predicted molar refractivity (Wildman–Crippen MR) is 79.0 cm³/mol. The summed E-state index contributed by atoms with van der Waals surface area (Å²) in [6.45, 7) is 3.27. The average molecular weight is 405 g/mol. The second-order valence-corrected chi connectivity index (χ2v) is 7.68. The molecule has 0 amide bonds. The van der Waals surface area contributed by atoms with Crippen molar-refractivity contribution in [2.24, 2.45) is 0 Å². The van der Waals surface area contributed by atoms with Gasteiger partial charge in [-0.3, -0.25) is 0 Å². The lowest BCUT2D eigenvalue weighted by molar-refractivity contribution is -0.170. The fourth-order valence-electron chi connectivity index (χ4n) is 1.69. The molecule has 19 heavy (non-hydrogen) atoms. The largest absolute Gasteiger partial charge is 0.409 e. The molecule has 108 valence electrons. The summed E-state index contributed by atoms with van der Waals surface area (Å²) in [7, 11) is -0.445. The molecule has 0 N–H and O–H groups in total. The van der Waals surface area contributed by atoms with E-state index in [4.69, 9.17) is 0 Å². The monoisotopic (exact) mass is 405 g/mol. The number of benzene rings is 1. The van der Waals surface area contributed by atoms with E-state index in [1.807, 2.05) is 22.6 Å². The first-order valence-electron chi connectivity index (χ1n) is 5.60. The lowest BCUT2D eigenvalue weighted by atomic mass is 10.1. The zero-order valence-electron chi connectivity index (χ0n) is 10.7. The molecule has 0 aliphatic heterocycles. The van der Waals surface area contributed by atoms with Gasteiger partial charge in [0.25, 0.3) is 0 Å². The molecule has 0 saturated carbocycles. The van der Waals surface area contributed by atoms with Gasteiger partial charge in [0.05, 0.1) is 11.0 Å². The lowest BCUT2D eigenvalue weighted by Crippen LogP contribution is -2.39. The summed E-state index contributed by atoms with van der Waals surface area (Å²) in [6, 6.07) is 4.22. The van der Waals surface area contributed by atoms with Crippen LogP contribution in [0, 0.1) is 3.57 Å². The molecule has 7 heteroatoms. The molecule has 0 aliphatic rings. The van der Waals surface area contributed by atoms with Crippen molar-refractivity contribution in [1.82, 2.24) is 4.31 Å². The van der Waals surface area contributed by atoms with E-state index in [1.54, 1.807) is 26.0 Å². The SMILES string of the molecule is CC(C)[S@@](=O)N(C)[C@H](c1ccc(I)cc1)C(F)(F)F. The first kappa shape index (κ1) is 16.9. The van der Waals surface area contributed by atoms with Crippen LogP contribution in [-0.4, -0.2) is 27.0 Å². The van der Waals surface area contributed by atoms with Crippen LogP contribution in [0.2, 0.25) is 0 Å². The van der Waals surface area contributed by atoms with Gasteiger partial charge in [0.1, 0.15) is 6.04 Å². The Morgan fingerprint density at radius 3 is 2.05 bits per heavy atom. The van der Waals surface area contributed by atoms with Crippen LogP contribution in [0.1, 0.15) is 25.5 Å². The quantitative estimate of drug-likeness (QED) is 0.696. The third-order valence-corrected chi connectivity index (χ3v) is 4.85. The molecular formula is C12H15F3INOS. The first-order chi connectivity index (χ1) is 8.64. The smallest absolute Gasteiger partial charge is 0.242 e. The van der Waals surface area contributed by atoms with Gasteiger partial charge in [-0.05, 0) is 54.1 Å². The van der Waals surface area contributed by atoms with Gasteiger partial charge in [0.2, 0.25) is 0 Å². The summed E-state index contributed by atoms with van der Waals surface area (Å²) in [4.78, 5) is 0. The van der Waals surface area contributed by atoms with Crippen LogP contribution in [0.4, 0.5) is 13.2 Å². The highest BCUT2D eigenvalue weighted by molar-refractivity contribution is 14.1. The van der Waals surface area contributed by atoms with Gasteiger partial charge in [0.15, 0.2) is 0 Å². The average Bonchev–Trinajstić information content (AvgIpc) is 2.29. The summed E-state index contributed by atoms with van der Waals surface area (Å²) in [5.41, 5.74) is 0.101. The van der Waals surface area contributed by atoms with E-state index in [0.717, 1.165) is 7.88 Å². The van der Waals surface area contributed by atoms with Gasteiger partial charge in [-0.25, -0.2) is 8.51 Å². The van der Waals surface area contributed by atoms with Crippen molar-refractivity contribution in [3.8, 4) is 0 Å². The van der Waals surface area contributed by atoms with Gasteiger partial charge in [0, 0.05) is 15.9 Å². The normalized spacial score (nSPS) is 15.8. The molecule has 0 aliphatic carbocycles. The molecule has 2 atom stereocenters. The topological polar surface area (TPSA) is 20.3 Å². The maximum absolute atomic E-state index is 13.2. The van der Waals surface area contributed by atoms with Gasteiger partial charge < -0.3 is 0 Å². The molecule has 1 aromatic carbocycles. The third-order valence-electron chi connectivity index (χ3n) is 2.55. The van der Waals surface area contributed by atoms with Crippen molar-refractivity contribution in [1.29, 1.82) is 0 Å². The third kappa shape index (κ3) is 4.42. The van der Waals surface area contributed by atoms with Crippen LogP contribution in [0.15, 0.2) is 24.3 Å². The zero-order valence-corrected chi connectivity index (χ0v) is 13.7. The Morgan fingerprint density at radius 2 is 1.68 bits per heavy atom. The van der Waals surface area contributed by atoms with E-state index in [0.29, 0.717) is 0 Å². The van der Waals surface area contributed by atoms with Crippen LogP contribution in [0.5, 0.6) is 0 Å². The van der Waals surface area contributed by atoms with Gasteiger partial charge >= 0.3 is 6.18 Å². The maximum atomic E-state index is 13.2. The molecule has 0 aromatic heterocycles. The zero-order chi connectivity index (χ0) is 14.8. The van der Waals surface area contributed by atoms with Crippen LogP contribution in [0.3, 0.4) is 0 Å². The van der Waals surface area contributed by atoms with E-state index in [2.05, 4.69) is 0 Å². The number of rotatable bonds is 4. The Bertz CT molecular complexity index is 447. The second kappa shape index (κ2) is 6.53. The summed E-state index contributed by atoms with van der Waals surface area (Å²) < 4.78 is 53.3. The Hall–Kier alpha value is -0.150. The van der Waals surface area contributed by atoms with Crippen LogP contribution in [-0.2, 0) is 11.0 Å². The Morgan fingerprint density at radius 1 is 1.21 bits per heavy atom. The highest BCUT2D eigenvalue weighted by Gasteiger charge is 2.45.